The van der Waals surface area contributed by atoms with Crippen molar-refractivity contribution in [1.29, 1.82) is 0 Å². The molecule has 0 radical (unpaired) electrons. The summed E-state index contributed by atoms with van der Waals surface area (Å²) in [4.78, 5) is 16.7. The summed E-state index contributed by atoms with van der Waals surface area (Å²) in [5.41, 5.74) is 0.833. The van der Waals surface area contributed by atoms with Gasteiger partial charge in [-0.15, -0.1) is 12.6 Å². The zero-order valence-corrected chi connectivity index (χ0v) is 9.90. The number of nitrogens with zero attached hydrogens (tertiary/aromatic N) is 3. The number of aliphatic carboxylic acids is 1. The minimum atomic E-state index is -0.839. The van der Waals surface area contributed by atoms with E-state index in [0.717, 1.165) is 5.69 Å². The summed E-state index contributed by atoms with van der Waals surface area (Å²) in [5, 5.41) is 9.62. The third kappa shape index (κ3) is 2.73. The van der Waals surface area contributed by atoms with E-state index in [-0.39, 0.29) is 0 Å². The minimum absolute atomic E-state index is 0.400. The van der Waals surface area contributed by atoms with Gasteiger partial charge in [0.05, 0.1) is 12.0 Å². The Morgan fingerprint density at radius 3 is 2.67 bits per heavy atom. The van der Waals surface area contributed by atoms with E-state index in [1.807, 2.05) is 7.05 Å². The van der Waals surface area contributed by atoms with Gasteiger partial charge < -0.3 is 9.67 Å². The number of hydrogen-bond acceptors (Lipinski definition) is 4. The molecule has 1 aromatic heterocycles. The van der Waals surface area contributed by atoms with Crippen LogP contribution >= 0.6 is 12.6 Å². The first-order valence-electron chi connectivity index (χ1n) is 4.52. The summed E-state index contributed by atoms with van der Waals surface area (Å²) in [6.45, 7) is 0. The molecule has 1 heterocycles. The standard InChI is InChI=1S/C9H15N3O2S/c1-11(2)7(9(13)14)4-6-8(15)10-5-12(6)3/h5,7,15H,4H2,1-3H3,(H,13,14). The largest absolute Gasteiger partial charge is 0.480 e. The molecule has 1 atom stereocenters. The smallest absolute Gasteiger partial charge is 0.321 e. The van der Waals surface area contributed by atoms with Gasteiger partial charge in [0.1, 0.15) is 11.1 Å². The molecular weight excluding hydrogens is 214 g/mol. The molecule has 0 fully saturated rings. The van der Waals surface area contributed by atoms with Gasteiger partial charge in [0, 0.05) is 13.5 Å². The second-order valence-electron chi connectivity index (χ2n) is 3.65. The van der Waals surface area contributed by atoms with Crippen molar-refractivity contribution in [2.75, 3.05) is 14.1 Å². The van der Waals surface area contributed by atoms with Crippen LogP contribution < -0.4 is 0 Å². The molecule has 5 nitrogen and oxygen atoms in total. The molecule has 1 unspecified atom stereocenters. The Balaban J connectivity index is 2.88. The maximum atomic E-state index is 11.0. The highest BCUT2D eigenvalue weighted by Gasteiger charge is 2.22. The highest BCUT2D eigenvalue weighted by molar-refractivity contribution is 7.80. The maximum Gasteiger partial charge on any atom is 0.321 e. The van der Waals surface area contributed by atoms with Crippen molar-refractivity contribution < 1.29 is 9.90 Å². The average Bonchev–Trinajstić information content (AvgIpc) is 2.42. The number of aryl methyl sites for hydroxylation is 1. The van der Waals surface area contributed by atoms with E-state index in [4.69, 9.17) is 5.11 Å². The van der Waals surface area contributed by atoms with Crippen LogP contribution in [0.25, 0.3) is 0 Å². The summed E-state index contributed by atoms with van der Waals surface area (Å²) in [5.74, 6) is -0.839. The van der Waals surface area contributed by atoms with Crippen molar-refractivity contribution in [3.05, 3.63) is 12.0 Å². The number of likely N-dealkylation sites (N-methyl/N-ethyl adjacent to an activating group) is 1. The fourth-order valence-electron chi connectivity index (χ4n) is 1.35. The third-order valence-corrected chi connectivity index (χ3v) is 2.71. The Hall–Kier alpha value is -1.01. The number of carbonyl (C=O) groups is 1. The molecule has 0 aliphatic rings. The molecule has 0 bridgehead atoms. The Bertz CT molecular complexity index is 343. The van der Waals surface area contributed by atoms with Gasteiger partial charge in [-0.3, -0.25) is 9.69 Å². The van der Waals surface area contributed by atoms with E-state index in [9.17, 15) is 4.79 Å². The Morgan fingerprint density at radius 1 is 1.73 bits per heavy atom. The lowest BCUT2D eigenvalue weighted by Gasteiger charge is -2.20. The highest BCUT2D eigenvalue weighted by atomic mass is 32.1. The fraction of sp³-hybridized carbons (Fsp3) is 0.556. The highest BCUT2D eigenvalue weighted by Crippen LogP contribution is 2.14. The maximum absolute atomic E-state index is 11.0. The minimum Gasteiger partial charge on any atom is -0.480 e. The number of imidazole rings is 1. The van der Waals surface area contributed by atoms with Crippen LogP contribution in [0.15, 0.2) is 11.4 Å². The lowest BCUT2D eigenvalue weighted by atomic mass is 10.1. The normalized spacial score (nSPS) is 13.1. The van der Waals surface area contributed by atoms with Gasteiger partial charge in [-0.25, -0.2) is 4.98 Å². The quantitative estimate of drug-likeness (QED) is 0.727. The van der Waals surface area contributed by atoms with E-state index in [2.05, 4.69) is 17.6 Å². The van der Waals surface area contributed by atoms with Crippen LogP contribution in [0.3, 0.4) is 0 Å². The van der Waals surface area contributed by atoms with E-state index in [1.165, 1.54) is 0 Å². The van der Waals surface area contributed by atoms with Crippen LogP contribution in [-0.2, 0) is 18.3 Å². The van der Waals surface area contributed by atoms with Crippen molar-refractivity contribution in [2.24, 2.45) is 7.05 Å². The summed E-state index contributed by atoms with van der Waals surface area (Å²) in [6.07, 6.45) is 2.03. The first-order valence-corrected chi connectivity index (χ1v) is 4.96. The molecule has 0 saturated heterocycles. The van der Waals surface area contributed by atoms with Gasteiger partial charge in [-0.05, 0) is 14.1 Å². The van der Waals surface area contributed by atoms with Crippen molar-refractivity contribution in [1.82, 2.24) is 14.5 Å². The van der Waals surface area contributed by atoms with Crippen molar-refractivity contribution in [3.8, 4) is 0 Å². The SMILES string of the molecule is CN(C)C(Cc1c(S)ncn1C)C(=O)O. The van der Waals surface area contributed by atoms with Crippen LogP contribution in [0.4, 0.5) is 0 Å². The molecule has 0 amide bonds. The molecular formula is C9H15N3O2S. The van der Waals surface area contributed by atoms with Gasteiger partial charge in [-0.1, -0.05) is 0 Å². The number of hydrogen-bond donors (Lipinski definition) is 2. The summed E-state index contributed by atoms with van der Waals surface area (Å²) >= 11 is 4.19. The second kappa shape index (κ2) is 4.67. The Morgan fingerprint density at radius 2 is 2.33 bits per heavy atom. The zero-order chi connectivity index (χ0) is 11.6. The predicted octanol–water partition coefficient (Wildman–Crippen LogP) is 0.266. The second-order valence-corrected chi connectivity index (χ2v) is 4.07. The first-order chi connectivity index (χ1) is 6.93. The molecule has 6 heteroatoms. The molecule has 1 aromatic rings. The third-order valence-electron chi connectivity index (χ3n) is 2.33. The van der Waals surface area contributed by atoms with E-state index in [1.54, 1.807) is 29.9 Å². The first kappa shape index (κ1) is 12.1. The predicted molar refractivity (Wildman–Crippen MR) is 59.3 cm³/mol. The lowest BCUT2D eigenvalue weighted by molar-refractivity contribution is -0.142. The van der Waals surface area contributed by atoms with Gasteiger partial charge in [0.25, 0.3) is 0 Å². The van der Waals surface area contributed by atoms with Crippen LogP contribution in [-0.4, -0.2) is 45.7 Å². The Kier molecular flexibility index (Phi) is 3.76. The fourth-order valence-corrected chi connectivity index (χ4v) is 1.65. The summed E-state index contributed by atoms with van der Waals surface area (Å²) < 4.78 is 1.79. The van der Waals surface area contributed by atoms with Crippen molar-refractivity contribution in [2.45, 2.75) is 17.5 Å². The molecule has 0 spiro atoms. The number of rotatable bonds is 4. The number of aromatic nitrogens is 2. The van der Waals surface area contributed by atoms with Gasteiger partial charge in [0.15, 0.2) is 0 Å². The monoisotopic (exact) mass is 229 g/mol. The molecule has 1 rings (SSSR count). The molecule has 15 heavy (non-hydrogen) atoms. The van der Waals surface area contributed by atoms with Crippen LogP contribution in [0, 0.1) is 0 Å². The molecule has 84 valence electrons. The lowest BCUT2D eigenvalue weighted by Crippen LogP contribution is -2.38. The number of thiol groups is 1. The van der Waals surface area contributed by atoms with Crippen LogP contribution in [0.5, 0.6) is 0 Å². The Labute approximate surface area is 94.1 Å². The molecule has 1 N–H and O–H groups in total. The van der Waals surface area contributed by atoms with E-state index in [0.29, 0.717) is 11.4 Å². The van der Waals surface area contributed by atoms with Gasteiger partial charge in [-0.2, -0.15) is 0 Å². The van der Waals surface area contributed by atoms with E-state index >= 15 is 0 Å². The van der Waals surface area contributed by atoms with Gasteiger partial charge in [0.2, 0.25) is 0 Å². The molecule has 0 aliphatic carbocycles. The zero-order valence-electron chi connectivity index (χ0n) is 9.01. The van der Waals surface area contributed by atoms with E-state index < -0.39 is 12.0 Å². The average molecular weight is 229 g/mol. The molecule has 0 saturated carbocycles. The summed E-state index contributed by atoms with van der Waals surface area (Å²) in [7, 11) is 5.32. The van der Waals surface area contributed by atoms with Crippen LogP contribution in [0.2, 0.25) is 0 Å². The summed E-state index contributed by atoms with van der Waals surface area (Å²) in [6, 6.07) is -0.550. The topological polar surface area (TPSA) is 58.4 Å². The van der Waals surface area contributed by atoms with Crippen LogP contribution in [0.1, 0.15) is 5.69 Å². The number of carboxylic acids is 1. The molecule has 0 aromatic carbocycles. The van der Waals surface area contributed by atoms with Crippen molar-refractivity contribution in [3.63, 3.8) is 0 Å². The molecule has 0 aliphatic heterocycles. The van der Waals surface area contributed by atoms with Gasteiger partial charge >= 0.3 is 5.97 Å². The van der Waals surface area contributed by atoms with Crippen molar-refractivity contribution >= 4 is 18.6 Å². The number of carboxylic acid groups (broad SMARTS) is 1.